The third-order valence-electron chi connectivity index (χ3n) is 11.1. The first-order valence-corrected chi connectivity index (χ1v) is 19.6. The molecule has 13 nitrogen and oxygen atoms in total. The zero-order valence-electron chi connectivity index (χ0n) is 32.8. The number of likely N-dealkylation sites (N-methyl/N-ethyl adjacent to an activating group) is 1. The van der Waals surface area contributed by atoms with Crippen LogP contribution in [0.2, 0.25) is 0 Å². The van der Waals surface area contributed by atoms with E-state index in [1.54, 1.807) is 32.9 Å². The van der Waals surface area contributed by atoms with E-state index in [0.717, 1.165) is 12.8 Å². The normalized spacial score (nSPS) is 26.0. The van der Waals surface area contributed by atoms with Crippen molar-refractivity contribution in [3.8, 4) is 0 Å². The van der Waals surface area contributed by atoms with Gasteiger partial charge in [-0.25, -0.2) is 18.4 Å². The lowest BCUT2D eigenvalue weighted by molar-refractivity contribution is -0.141. The fourth-order valence-corrected chi connectivity index (χ4v) is 8.01. The number of ketones is 1. The molecular formula is C42H51F2N5O8. The third-order valence-corrected chi connectivity index (χ3v) is 11.1. The highest BCUT2D eigenvalue weighted by atomic mass is 19.1. The Hall–Kier alpha value is -5.34. The second-order valence-corrected chi connectivity index (χ2v) is 16.4. The summed E-state index contributed by atoms with van der Waals surface area (Å²) in [6.07, 6.45) is 4.22. The second kappa shape index (κ2) is 17.0. The average Bonchev–Trinajstić information content (AvgIpc) is 3.45. The maximum Gasteiger partial charge on any atom is 0.410 e. The van der Waals surface area contributed by atoms with E-state index in [0.29, 0.717) is 29.5 Å². The Morgan fingerprint density at radius 2 is 1.77 bits per heavy atom. The summed E-state index contributed by atoms with van der Waals surface area (Å²) in [4.78, 5) is 85.4. The summed E-state index contributed by atoms with van der Waals surface area (Å²) in [6, 6.07) is 7.65. The van der Waals surface area contributed by atoms with Crippen LogP contribution in [0.1, 0.15) is 94.7 Å². The number of carbonyl (C=O) groups excluding carboxylic acids is 6. The van der Waals surface area contributed by atoms with Crippen molar-refractivity contribution in [1.29, 1.82) is 0 Å². The van der Waals surface area contributed by atoms with Gasteiger partial charge in [0.1, 0.15) is 41.0 Å². The van der Waals surface area contributed by atoms with Crippen molar-refractivity contribution in [2.45, 2.75) is 120 Å². The summed E-state index contributed by atoms with van der Waals surface area (Å²) in [5.74, 6) is -4.38. The minimum absolute atomic E-state index is 0.00346. The molecule has 2 aromatic rings. The number of carbonyl (C=O) groups is 6. The largest absolute Gasteiger partial charge is 0.444 e. The van der Waals surface area contributed by atoms with Crippen LogP contribution in [0.4, 0.5) is 18.4 Å². The molecule has 1 saturated carbocycles. The van der Waals surface area contributed by atoms with Gasteiger partial charge in [-0.1, -0.05) is 49.3 Å². The minimum Gasteiger partial charge on any atom is -0.444 e. The fourth-order valence-electron chi connectivity index (χ4n) is 8.01. The molecule has 0 unspecified atom stereocenters. The molecule has 306 valence electrons. The van der Waals surface area contributed by atoms with Crippen LogP contribution in [0.25, 0.3) is 0 Å². The summed E-state index contributed by atoms with van der Waals surface area (Å²) in [6.45, 7) is 5.04. The van der Waals surface area contributed by atoms with Crippen molar-refractivity contribution in [2.75, 3.05) is 13.6 Å². The molecule has 3 aliphatic heterocycles. The summed E-state index contributed by atoms with van der Waals surface area (Å²) in [7, 11) is 1.44. The SMILES string of the molecule is CNC(=O)[C@H](CC(=O)[C@@]12C[C@H]1/C=C\CCCCC[C@H](NC(=O)OC(C)(C)C)C(=O)N1C[C@H](OC(=O)N3Cc4cccc(F)c4C3)C[C@H]1C(=O)N2)c1ccc(F)cc1. The number of hydrogen-bond acceptors (Lipinski definition) is 8. The van der Waals surface area contributed by atoms with E-state index >= 15 is 0 Å². The van der Waals surface area contributed by atoms with E-state index in [1.165, 1.54) is 47.2 Å². The van der Waals surface area contributed by atoms with Crippen molar-refractivity contribution in [3.63, 3.8) is 0 Å². The lowest BCUT2D eigenvalue weighted by Gasteiger charge is -2.30. The van der Waals surface area contributed by atoms with Crippen molar-refractivity contribution in [3.05, 3.63) is 82.9 Å². The first-order chi connectivity index (χ1) is 27.1. The molecule has 5 amide bonds. The van der Waals surface area contributed by atoms with Crippen molar-refractivity contribution in [2.24, 2.45) is 5.92 Å². The number of ether oxygens (including phenoxy) is 2. The van der Waals surface area contributed by atoms with Crippen LogP contribution in [0, 0.1) is 17.6 Å². The van der Waals surface area contributed by atoms with Crippen LogP contribution in [0.3, 0.4) is 0 Å². The van der Waals surface area contributed by atoms with Crippen LogP contribution in [-0.2, 0) is 41.7 Å². The maximum absolute atomic E-state index is 14.5. The lowest BCUT2D eigenvalue weighted by atomic mass is 9.89. The standard InChI is InChI=1S/C42H51F2N5O8/c1-41(2,3)57-39(54)46-33-14-9-7-5-6-8-12-27-21-42(27,35(50)20-30(36(51)45-4)25-15-17-28(43)18-16-25)47-37(52)34-19-29(23-49(34)38(33)53)56-40(55)48-22-26-11-10-13-32(44)31(26)24-48/h8,10-13,15-18,27,29-30,33-34H,5-7,9,14,19-24H2,1-4H3,(H,45,51)(H,46,54)(H,47,52)/b12-8-/t27-,29-,30-,33+,34+,42-/m1/s1. The molecule has 1 aliphatic carbocycles. The van der Waals surface area contributed by atoms with Gasteiger partial charge in [0.25, 0.3) is 0 Å². The van der Waals surface area contributed by atoms with Gasteiger partial charge in [0, 0.05) is 37.9 Å². The minimum atomic E-state index is -1.40. The Labute approximate surface area is 330 Å². The zero-order chi connectivity index (χ0) is 41.1. The van der Waals surface area contributed by atoms with Gasteiger partial charge in [-0.05, 0) is 75.8 Å². The number of allylic oxidation sites excluding steroid dienone is 1. The highest BCUT2D eigenvalue weighted by Crippen LogP contribution is 2.48. The molecule has 0 bridgehead atoms. The van der Waals surface area contributed by atoms with Gasteiger partial charge >= 0.3 is 12.2 Å². The molecule has 4 aliphatic rings. The molecule has 57 heavy (non-hydrogen) atoms. The van der Waals surface area contributed by atoms with Crippen molar-refractivity contribution >= 4 is 35.7 Å². The lowest BCUT2D eigenvalue weighted by Crippen LogP contribution is -2.56. The van der Waals surface area contributed by atoms with E-state index in [4.69, 9.17) is 9.47 Å². The first kappa shape index (κ1) is 41.3. The number of fused-ring (bicyclic) bond motifs is 3. The van der Waals surface area contributed by atoms with E-state index < -0.39 is 88.5 Å². The molecule has 0 spiro atoms. The fraction of sp³-hybridized carbons (Fsp3) is 0.524. The predicted molar refractivity (Wildman–Crippen MR) is 203 cm³/mol. The highest BCUT2D eigenvalue weighted by Gasteiger charge is 2.60. The number of benzene rings is 2. The van der Waals surface area contributed by atoms with Crippen LogP contribution >= 0.6 is 0 Å². The number of halogens is 2. The van der Waals surface area contributed by atoms with Gasteiger partial charge in [0.2, 0.25) is 17.7 Å². The van der Waals surface area contributed by atoms with Crippen molar-refractivity contribution in [1.82, 2.24) is 25.8 Å². The van der Waals surface area contributed by atoms with E-state index in [9.17, 15) is 37.5 Å². The third kappa shape index (κ3) is 9.62. The van der Waals surface area contributed by atoms with Gasteiger partial charge in [0.05, 0.1) is 19.0 Å². The number of nitrogens with one attached hydrogen (secondary N) is 3. The van der Waals surface area contributed by atoms with E-state index in [-0.39, 0.29) is 45.3 Å². The predicted octanol–water partition coefficient (Wildman–Crippen LogP) is 5.16. The Morgan fingerprint density at radius 3 is 2.47 bits per heavy atom. The van der Waals surface area contributed by atoms with Crippen LogP contribution in [0.15, 0.2) is 54.6 Å². The van der Waals surface area contributed by atoms with Gasteiger partial charge < -0.3 is 30.3 Å². The summed E-state index contributed by atoms with van der Waals surface area (Å²) < 4.78 is 39.6. The second-order valence-electron chi connectivity index (χ2n) is 16.4. The summed E-state index contributed by atoms with van der Waals surface area (Å²) in [5, 5.41) is 8.23. The molecular weight excluding hydrogens is 740 g/mol. The average molecular weight is 792 g/mol. The van der Waals surface area contributed by atoms with E-state index in [2.05, 4.69) is 16.0 Å². The number of nitrogens with zero attached hydrogens (tertiary/aromatic N) is 2. The van der Waals surface area contributed by atoms with Gasteiger partial charge in [-0.3, -0.25) is 24.1 Å². The topological polar surface area (TPSA) is 163 Å². The Morgan fingerprint density at radius 1 is 1.02 bits per heavy atom. The summed E-state index contributed by atoms with van der Waals surface area (Å²) in [5.41, 5.74) is -0.773. The molecule has 3 N–H and O–H groups in total. The molecule has 15 heteroatoms. The molecule has 2 fully saturated rings. The maximum atomic E-state index is 14.5. The summed E-state index contributed by atoms with van der Waals surface area (Å²) >= 11 is 0. The molecule has 1 saturated heterocycles. The molecule has 3 heterocycles. The van der Waals surface area contributed by atoms with E-state index in [1.807, 2.05) is 12.2 Å². The van der Waals surface area contributed by atoms with Crippen LogP contribution in [0.5, 0.6) is 0 Å². The smallest absolute Gasteiger partial charge is 0.410 e. The number of amides is 5. The highest BCUT2D eigenvalue weighted by molar-refractivity contribution is 6.01. The Kier molecular flexibility index (Phi) is 12.3. The van der Waals surface area contributed by atoms with Crippen LogP contribution in [-0.4, -0.2) is 88.4 Å². The number of rotatable bonds is 7. The molecule has 0 radical (unpaired) electrons. The van der Waals surface area contributed by atoms with Gasteiger partial charge in [0.15, 0.2) is 5.78 Å². The molecule has 6 rings (SSSR count). The van der Waals surface area contributed by atoms with Gasteiger partial charge in [-0.15, -0.1) is 0 Å². The van der Waals surface area contributed by atoms with Gasteiger partial charge in [-0.2, -0.15) is 0 Å². The monoisotopic (exact) mass is 791 g/mol. The number of hydrogen-bond donors (Lipinski definition) is 3. The number of alkyl carbamates (subject to hydrolysis) is 1. The molecule has 0 aromatic heterocycles. The molecule has 6 atom stereocenters. The quantitative estimate of drug-likeness (QED) is 0.324. The van der Waals surface area contributed by atoms with Crippen LogP contribution < -0.4 is 16.0 Å². The Balaban J connectivity index is 1.27. The molecule has 2 aromatic carbocycles. The van der Waals surface area contributed by atoms with Crippen molar-refractivity contribution < 1.29 is 47.0 Å². The first-order valence-electron chi connectivity index (χ1n) is 19.6. The zero-order valence-corrected chi connectivity index (χ0v) is 32.8. The number of Topliss-reactive ketones (excluding diaryl/α,β-unsaturated/α-hetero) is 1. The Bertz CT molecular complexity index is 1920.